The van der Waals surface area contributed by atoms with Crippen molar-refractivity contribution in [1.82, 2.24) is 10.6 Å². The highest BCUT2D eigenvalue weighted by molar-refractivity contribution is 6.00. The third-order valence-corrected chi connectivity index (χ3v) is 4.49. The number of nitrogens with one attached hydrogen (secondary N) is 2. The molecule has 2 unspecified atom stereocenters. The molecule has 0 aromatic heterocycles. The number of carbonyl (C=O) groups is 2. The molecule has 1 aromatic carbocycles. The third kappa shape index (κ3) is 4.06. The van der Waals surface area contributed by atoms with E-state index in [1.807, 2.05) is 25.1 Å². The average molecular weight is 354 g/mol. The summed E-state index contributed by atoms with van der Waals surface area (Å²) < 4.78 is 5.36. The standard InChI is InChI=1S/C17H23N3O3.ClH/c1-11(19-16(21)9-14-10-23-6-5-18-14)12-3-4-15-13(7-12)8-17(22)20(15)2;/h3-4,7,11,14,18H,5-6,8-10H2,1-2H3,(H,19,21);1H. The topological polar surface area (TPSA) is 70.7 Å². The van der Waals surface area contributed by atoms with Crippen LogP contribution in [0, 0.1) is 0 Å². The Labute approximate surface area is 148 Å². The third-order valence-electron chi connectivity index (χ3n) is 4.49. The molecule has 1 saturated heterocycles. The molecule has 0 radical (unpaired) electrons. The summed E-state index contributed by atoms with van der Waals surface area (Å²) in [7, 11) is 1.79. The van der Waals surface area contributed by atoms with Gasteiger partial charge in [-0.3, -0.25) is 9.59 Å². The van der Waals surface area contributed by atoms with Gasteiger partial charge in [-0.15, -0.1) is 12.4 Å². The lowest BCUT2D eigenvalue weighted by molar-refractivity contribution is -0.123. The second kappa shape index (κ2) is 7.96. The molecule has 2 aliphatic rings. The first kappa shape index (κ1) is 18.7. The largest absolute Gasteiger partial charge is 0.378 e. The number of morpholine rings is 1. The normalized spacial score (nSPS) is 21.0. The second-order valence-electron chi connectivity index (χ2n) is 6.24. The molecule has 2 atom stereocenters. The van der Waals surface area contributed by atoms with E-state index in [9.17, 15) is 9.59 Å². The van der Waals surface area contributed by atoms with Crippen LogP contribution >= 0.6 is 12.4 Å². The highest BCUT2D eigenvalue weighted by atomic mass is 35.5. The van der Waals surface area contributed by atoms with Crippen molar-refractivity contribution in [2.24, 2.45) is 0 Å². The zero-order valence-corrected chi connectivity index (χ0v) is 14.8. The number of halogens is 1. The fourth-order valence-corrected chi connectivity index (χ4v) is 3.12. The summed E-state index contributed by atoms with van der Waals surface area (Å²) in [6.07, 6.45) is 0.847. The highest BCUT2D eigenvalue weighted by Gasteiger charge is 2.25. The maximum Gasteiger partial charge on any atom is 0.231 e. The number of hydrogen-bond donors (Lipinski definition) is 2. The van der Waals surface area contributed by atoms with Crippen LogP contribution < -0.4 is 15.5 Å². The highest BCUT2D eigenvalue weighted by Crippen LogP contribution is 2.30. The maximum absolute atomic E-state index is 12.2. The van der Waals surface area contributed by atoms with E-state index in [-0.39, 0.29) is 36.3 Å². The number of rotatable bonds is 4. The van der Waals surface area contributed by atoms with E-state index in [1.54, 1.807) is 11.9 Å². The minimum Gasteiger partial charge on any atom is -0.378 e. The smallest absolute Gasteiger partial charge is 0.231 e. The van der Waals surface area contributed by atoms with Crippen molar-refractivity contribution < 1.29 is 14.3 Å². The summed E-state index contributed by atoms with van der Waals surface area (Å²) in [6, 6.07) is 5.94. The molecule has 0 spiro atoms. The van der Waals surface area contributed by atoms with Crippen molar-refractivity contribution in [1.29, 1.82) is 0 Å². The van der Waals surface area contributed by atoms with Gasteiger partial charge in [0.15, 0.2) is 0 Å². The van der Waals surface area contributed by atoms with Gasteiger partial charge in [0.25, 0.3) is 0 Å². The van der Waals surface area contributed by atoms with E-state index in [4.69, 9.17) is 4.74 Å². The first-order valence-corrected chi connectivity index (χ1v) is 8.04. The molecular weight excluding hydrogens is 330 g/mol. The number of fused-ring (bicyclic) bond motifs is 1. The van der Waals surface area contributed by atoms with E-state index in [2.05, 4.69) is 10.6 Å². The van der Waals surface area contributed by atoms with Gasteiger partial charge in [0.1, 0.15) is 0 Å². The molecule has 0 bridgehead atoms. The first-order valence-electron chi connectivity index (χ1n) is 8.04. The van der Waals surface area contributed by atoms with E-state index in [0.717, 1.165) is 23.4 Å². The SMILES string of the molecule is CC(NC(=O)CC1COCCN1)c1ccc2c(c1)CC(=O)N2C.Cl. The van der Waals surface area contributed by atoms with Crippen LogP contribution in [0.25, 0.3) is 0 Å². The van der Waals surface area contributed by atoms with Crippen molar-refractivity contribution in [2.45, 2.75) is 31.8 Å². The molecular formula is C17H24ClN3O3. The Hall–Kier alpha value is -1.63. The molecule has 1 aromatic rings. The molecule has 2 N–H and O–H groups in total. The van der Waals surface area contributed by atoms with Gasteiger partial charge in [-0.25, -0.2) is 0 Å². The van der Waals surface area contributed by atoms with E-state index in [1.165, 1.54) is 0 Å². The Balaban J connectivity index is 0.00000208. The van der Waals surface area contributed by atoms with Gasteiger partial charge in [0.2, 0.25) is 11.8 Å². The lowest BCUT2D eigenvalue weighted by atomic mass is 10.0. The van der Waals surface area contributed by atoms with Crippen LogP contribution in [0.3, 0.4) is 0 Å². The minimum absolute atomic E-state index is 0. The number of anilines is 1. The molecule has 132 valence electrons. The molecule has 2 aliphatic heterocycles. The molecule has 6 nitrogen and oxygen atoms in total. The van der Waals surface area contributed by atoms with Crippen LogP contribution in [0.15, 0.2) is 18.2 Å². The molecule has 2 heterocycles. The number of hydrogen-bond acceptors (Lipinski definition) is 4. The van der Waals surface area contributed by atoms with Crippen LogP contribution in [0.1, 0.15) is 30.5 Å². The Kier molecular flexibility index (Phi) is 6.21. The van der Waals surface area contributed by atoms with Crippen molar-refractivity contribution in [2.75, 3.05) is 31.7 Å². The average Bonchev–Trinajstić information content (AvgIpc) is 2.82. The number of benzene rings is 1. The van der Waals surface area contributed by atoms with E-state index >= 15 is 0 Å². The molecule has 1 fully saturated rings. The Morgan fingerprint density at radius 1 is 1.50 bits per heavy atom. The summed E-state index contributed by atoms with van der Waals surface area (Å²) in [5, 5.41) is 6.30. The van der Waals surface area contributed by atoms with Gasteiger partial charge < -0.3 is 20.3 Å². The quantitative estimate of drug-likeness (QED) is 0.853. The fraction of sp³-hybridized carbons (Fsp3) is 0.529. The number of carbonyl (C=O) groups excluding carboxylic acids is 2. The molecule has 0 aliphatic carbocycles. The maximum atomic E-state index is 12.2. The fourth-order valence-electron chi connectivity index (χ4n) is 3.12. The van der Waals surface area contributed by atoms with Crippen molar-refractivity contribution in [3.8, 4) is 0 Å². The lowest BCUT2D eigenvalue weighted by Gasteiger charge is -2.24. The number of amides is 2. The molecule has 3 rings (SSSR count). The van der Waals surface area contributed by atoms with Crippen LogP contribution in [0.4, 0.5) is 5.69 Å². The van der Waals surface area contributed by atoms with E-state index in [0.29, 0.717) is 26.1 Å². The number of ether oxygens (including phenoxy) is 1. The van der Waals surface area contributed by atoms with Crippen molar-refractivity contribution >= 4 is 29.9 Å². The molecule has 2 amide bonds. The molecule has 7 heteroatoms. The predicted octanol–water partition coefficient (Wildman–Crippen LogP) is 1.18. The zero-order chi connectivity index (χ0) is 16.4. The van der Waals surface area contributed by atoms with Crippen LogP contribution in [-0.4, -0.2) is 44.7 Å². The minimum atomic E-state index is -0.0849. The summed E-state index contributed by atoms with van der Waals surface area (Å²) >= 11 is 0. The van der Waals surface area contributed by atoms with Gasteiger partial charge in [0.05, 0.1) is 25.7 Å². The number of likely N-dealkylation sites (N-methyl/N-ethyl adjacent to an activating group) is 1. The van der Waals surface area contributed by atoms with Crippen LogP contribution in [-0.2, 0) is 20.7 Å². The summed E-state index contributed by atoms with van der Waals surface area (Å²) in [5.41, 5.74) is 3.01. The van der Waals surface area contributed by atoms with Crippen molar-refractivity contribution in [3.05, 3.63) is 29.3 Å². The van der Waals surface area contributed by atoms with Gasteiger partial charge in [-0.05, 0) is 24.1 Å². The van der Waals surface area contributed by atoms with Gasteiger partial charge in [0, 0.05) is 31.7 Å². The van der Waals surface area contributed by atoms with E-state index < -0.39 is 0 Å². The molecule has 0 saturated carbocycles. The van der Waals surface area contributed by atoms with Crippen molar-refractivity contribution in [3.63, 3.8) is 0 Å². The summed E-state index contributed by atoms with van der Waals surface area (Å²) in [6.45, 7) is 4.04. The molecule has 24 heavy (non-hydrogen) atoms. The van der Waals surface area contributed by atoms with Gasteiger partial charge in [-0.1, -0.05) is 12.1 Å². The summed E-state index contributed by atoms with van der Waals surface area (Å²) in [4.78, 5) is 25.6. The second-order valence-corrected chi connectivity index (χ2v) is 6.24. The lowest BCUT2D eigenvalue weighted by Crippen LogP contribution is -2.44. The van der Waals surface area contributed by atoms with Gasteiger partial charge >= 0.3 is 0 Å². The van der Waals surface area contributed by atoms with Crippen LogP contribution in [0.2, 0.25) is 0 Å². The predicted molar refractivity (Wildman–Crippen MR) is 94.6 cm³/mol. The van der Waals surface area contributed by atoms with Crippen LogP contribution in [0.5, 0.6) is 0 Å². The summed E-state index contributed by atoms with van der Waals surface area (Å²) in [5.74, 6) is 0.117. The Morgan fingerprint density at radius 2 is 2.29 bits per heavy atom. The number of nitrogens with zero attached hydrogens (tertiary/aromatic N) is 1. The first-order chi connectivity index (χ1) is 11.0. The van der Waals surface area contributed by atoms with Gasteiger partial charge in [-0.2, -0.15) is 0 Å². The zero-order valence-electron chi connectivity index (χ0n) is 14.0. The monoisotopic (exact) mass is 353 g/mol. The Morgan fingerprint density at radius 3 is 3.00 bits per heavy atom. The Bertz CT molecular complexity index is 617.